The molecule has 8 heteroatoms. The third-order valence-electron chi connectivity index (χ3n) is 6.89. The van der Waals surface area contributed by atoms with Gasteiger partial charge in [-0.3, -0.25) is 10.1 Å². The summed E-state index contributed by atoms with van der Waals surface area (Å²) in [7, 11) is 0. The number of hydrogen-bond donors (Lipinski definition) is 2. The van der Waals surface area contributed by atoms with Gasteiger partial charge in [-0.1, -0.05) is 32.6 Å². The number of likely N-dealkylation sites (tertiary alicyclic amines) is 1. The van der Waals surface area contributed by atoms with Gasteiger partial charge in [0.25, 0.3) is 0 Å². The van der Waals surface area contributed by atoms with E-state index in [2.05, 4.69) is 17.6 Å². The van der Waals surface area contributed by atoms with Gasteiger partial charge >= 0.3 is 12.0 Å². The number of hydrogen-bond acceptors (Lipinski definition) is 5. The first-order valence-electron chi connectivity index (χ1n) is 13.2. The molecule has 3 amide bonds. The first-order chi connectivity index (χ1) is 16.5. The summed E-state index contributed by atoms with van der Waals surface area (Å²) in [5.41, 5.74) is 1.59. The Morgan fingerprint density at radius 3 is 2.50 bits per heavy atom. The fourth-order valence-electron chi connectivity index (χ4n) is 4.88. The predicted molar refractivity (Wildman–Crippen MR) is 137 cm³/mol. The van der Waals surface area contributed by atoms with Gasteiger partial charge in [0.05, 0.1) is 12.2 Å². The number of thiophene rings is 1. The Kier molecular flexibility index (Phi) is 10.7. The number of esters is 1. The van der Waals surface area contributed by atoms with Gasteiger partial charge in [0.1, 0.15) is 5.00 Å². The molecular formula is C26H41N3O4S. The summed E-state index contributed by atoms with van der Waals surface area (Å²) in [4.78, 5) is 40.8. The van der Waals surface area contributed by atoms with Crippen LogP contribution in [-0.2, 0) is 22.4 Å². The molecule has 1 aliphatic heterocycles. The number of fused-ring (bicyclic) bond motifs is 1. The Balaban J connectivity index is 1.43. The number of nitrogens with zero attached hydrogens (tertiary/aromatic N) is 1. The monoisotopic (exact) mass is 491 g/mol. The fourth-order valence-corrected chi connectivity index (χ4v) is 6.15. The fraction of sp³-hybridized carbons (Fsp3) is 0.731. The van der Waals surface area contributed by atoms with E-state index < -0.39 is 0 Å². The van der Waals surface area contributed by atoms with Crippen molar-refractivity contribution in [2.45, 2.75) is 90.9 Å². The molecule has 34 heavy (non-hydrogen) atoms. The second-order valence-electron chi connectivity index (χ2n) is 9.46. The zero-order valence-electron chi connectivity index (χ0n) is 20.9. The van der Waals surface area contributed by atoms with Gasteiger partial charge in [-0.25, -0.2) is 9.59 Å². The van der Waals surface area contributed by atoms with E-state index in [0.29, 0.717) is 36.1 Å². The zero-order chi connectivity index (χ0) is 24.3. The molecule has 0 saturated carbocycles. The second kappa shape index (κ2) is 13.7. The van der Waals surface area contributed by atoms with E-state index in [1.807, 2.05) is 4.90 Å². The van der Waals surface area contributed by atoms with Gasteiger partial charge in [-0.15, -0.1) is 11.3 Å². The molecule has 0 atom stereocenters. The molecule has 0 unspecified atom stereocenters. The van der Waals surface area contributed by atoms with E-state index in [4.69, 9.17) is 4.74 Å². The number of ether oxygens (including phenoxy) is 1. The lowest BCUT2D eigenvalue weighted by atomic mass is 9.95. The Morgan fingerprint density at radius 1 is 1.03 bits per heavy atom. The number of piperidine rings is 1. The van der Waals surface area contributed by atoms with Crippen LogP contribution in [0.25, 0.3) is 0 Å². The number of amides is 3. The predicted octanol–water partition coefficient (Wildman–Crippen LogP) is 5.52. The third kappa shape index (κ3) is 7.45. The summed E-state index contributed by atoms with van der Waals surface area (Å²) in [6.07, 6.45) is 12.3. The van der Waals surface area contributed by atoms with Crippen LogP contribution in [0.2, 0.25) is 0 Å². The van der Waals surface area contributed by atoms with Gasteiger partial charge < -0.3 is 15.0 Å². The first kappa shape index (κ1) is 26.5. The lowest BCUT2D eigenvalue weighted by molar-refractivity contribution is -0.132. The number of unbranched alkanes of at least 4 members (excludes halogenated alkanes) is 4. The Labute approximate surface area is 208 Å². The van der Waals surface area contributed by atoms with Crippen molar-refractivity contribution in [3.63, 3.8) is 0 Å². The molecule has 0 radical (unpaired) electrons. The minimum Gasteiger partial charge on any atom is -0.462 e. The maximum absolute atomic E-state index is 12.6. The SMILES string of the molecule is CCCCCCCC(=O)N1CCC(CNC(=O)Nc2sc3c(c2C(=O)OCC)CCCC3)CC1. The topological polar surface area (TPSA) is 87.7 Å². The van der Waals surface area contributed by atoms with Gasteiger partial charge in [0.15, 0.2) is 0 Å². The summed E-state index contributed by atoms with van der Waals surface area (Å²) >= 11 is 1.50. The molecule has 0 aromatic carbocycles. The zero-order valence-corrected chi connectivity index (χ0v) is 21.7. The highest BCUT2D eigenvalue weighted by atomic mass is 32.1. The van der Waals surface area contributed by atoms with Crippen LogP contribution in [0.15, 0.2) is 0 Å². The van der Waals surface area contributed by atoms with E-state index in [9.17, 15) is 14.4 Å². The van der Waals surface area contributed by atoms with Crippen LogP contribution in [0.3, 0.4) is 0 Å². The molecule has 0 spiro atoms. The van der Waals surface area contributed by atoms with Gasteiger partial charge in [-0.05, 0) is 63.4 Å². The van der Waals surface area contributed by atoms with E-state index in [-0.39, 0.29) is 17.9 Å². The van der Waals surface area contributed by atoms with E-state index in [1.54, 1.807) is 6.92 Å². The van der Waals surface area contributed by atoms with Crippen molar-refractivity contribution < 1.29 is 19.1 Å². The normalized spacial score (nSPS) is 16.1. The van der Waals surface area contributed by atoms with Crippen molar-refractivity contribution in [3.05, 3.63) is 16.0 Å². The summed E-state index contributed by atoms with van der Waals surface area (Å²) in [5.74, 6) is 0.286. The number of nitrogens with one attached hydrogen (secondary N) is 2. The summed E-state index contributed by atoms with van der Waals surface area (Å²) in [5, 5.41) is 6.49. The molecule has 1 saturated heterocycles. The summed E-state index contributed by atoms with van der Waals surface area (Å²) in [6, 6.07) is -0.283. The average molecular weight is 492 g/mol. The molecule has 2 aliphatic rings. The first-order valence-corrected chi connectivity index (χ1v) is 14.0. The van der Waals surface area contributed by atoms with Crippen molar-refractivity contribution in [1.82, 2.24) is 10.2 Å². The Morgan fingerprint density at radius 2 is 1.76 bits per heavy atom. The van der Waals surface area contributed by atoms with E-state index in [1.165, 1.54) is 35.5 Å². The molecule has 1 aromatic rings. The number of aryl methyl sites for hydroxylation is 1. The summed E-state index contributed by atoms with van der Waals surface area (Å²) in [6.45, 7) is 6.42. The van der Waals surface area contributed by atoms with Crippen LogP contribution in [-0.4, -0.2) is 49.0 Å². The molecule has 1 aromatic heterocycles. The lowest BCUT2D eigenvalue weighted by Gasteiger charge is -2.32. The maximum atomic E-state index is 12.6. The minimum atomic E-state index is -0.348. The highest BCUT2D eigenvalue weighted by Gasteiger charge is 2.28. The largest absolute Gasteiger partial charge is 0.462 e. The molecule has 2 heterocycles. The van der Waals surface area contributed by atoms with Crippen molar-refractivity contribution in [1.29, 1.82) is 0 Å². The number of rotatable bonds is 11. The maximum Gasteiger partial charge on any atom is 0.341 e. The molecule has 1 aliphatic carbocycles. The Hall–Kier alpha value is -2.09. The number of urea groups is 1. The molecular weight excluding hydrogens is 450 g/mol. The third-order valence-corrected chi connectivity index (χ3v) is 8.10. The van der Waals surface area contributed by atoms with Crippen molar-refractivity contribution in [3.8, 4) is 0 Å². The van der Waals surface area contributed by atoms with Gasteiger partial charge in [-0.2, -0.15) is 0 Å². The van der Waals surface area contributed by atoms with Crippen LogP contribution in [0.1, 0.15) is 98.9 Å². The molecule has 7 nitrogen and oxygen atoms in total. The number of carbonyl (C=O) groups excluding carboxylic acids is 3. The Bertz CT molecular complexity index is 830. The second-order valence-corrected chi connectivity index (χ2v) is 10.6. The van der Waals surface area contributed by atoms with Gasteiger partial charge in [0, 0.05) is 30.9 Å². The molecule has 2 N–H and O–H groups in total. The van der Waals surface area contributed by atoms with Crippen LogP contribution in [0, 0.1) is 5.92 Å². The van der Waals surface area contributed by atoms with Crippen molar-refractivity contribution >= 4 is 34.2 Å². The number of carbonyl (C=O) groups is 3. The highest BCUT2D eigenvalue weighted by Crippen LogP contribution is 2.38. The van der Waals surface area contributed by atoms with Gasteiger partial charge in [0.2, 0.25) is 5.91 Å². The molecule has 0 bridgehead atoms. The van der Waals surface area contributed by atoms with Crippen LogP contribution in [0.5, 0.6) is 0 Å². The van der Waals surface area contributed by atoms with E-state index >= 15 is 0 Å². The molecule has 190 valence electrons. The smallest absolute Gasteiger partial charge is 0.341 e. The molecule has 1 fully saturated rings. The van der Waals surface area contributed by atoms with Crippen molar-refractivity contribution in [2.75, 3.05) is 31.6 Å². The van der Waals surface area contributed by atoms with Crippen LogP contribution < -0.4 is 10.6 Å². The lowest BCUT2D eigenvalue weighted by Crippen LogP contribution is -2.42. The quantitative estimate of drug-likeness (QED) is 0.315. The standard InChI is InChI=1S/C26H41N3O4S/c1-3-5-6-7-8-13-22(30)29-16-14-19(15-17-29)18-27-26(32)28-24-23(25(31)33-4-2)20-11-9-10-12-21(20)34-24/h19H,3-18H2,1-2H3,(H2,27,28,32). The van der Waals surface area contributed by atoms with E-state index in [0.717, 1.165) is 70.0 Å². The van der Waals surface area contributed by atoms with Crippen molar-refractivity contribution in [2.24, 2.45) is 5.92 Å². The van der Waals surface area contributed by atoms with Crippen LogP contribution in [0.4, 0.5) is 9.80 Å². The number of anilines is 1. The minimum absolute atomic E-state index is 0.272. The highest BCUT2D eigenvalue weighted by molar-refractivity contribution is 7.17. The average Bonchev–Trinajstić information content (AvgIpc) is 3.20. The van der Waals surface area contributed by atoms with Crippen LogP contribution >= 0.6 is 11.3 Å². The summed E-state index contributed by atoms with van der Waals surface area (Å²) < 4.78 is 5.26. The molecule has 3 rings (SSSR count).